The fourth-order valence-corrected chi connectivity index (χ4v) is 2.70. The van der Waals surface area contributed by atoms with Crippen LogP contribution in [-0.2, 0) is 10.2 Å². The summed E-state index contributed by atoms with van der Waals surface area (Å²) in [6.45, 7) is 10.2. The molecule has 0 N–H and O–H groups in total. The molecule has 1 saturated heterocycles. The summed E-state index contributed by atoms with van der Waals surface area (Å²) in [5.74, 6) is 1.02. The standard InChI is InChI=1S/C17H25NO/c1-13-5-7-15(8-6-13)17(3,4)16(19)18-11-9-14(2)10-12-18/h5-8,14H,9-12H2,1-4H3. The zero-order valence-corrected chi connectivity index (χ0v) is 12.6. The maximum absolute atomic E-state index is 12.7. The number of carbonyl (C=O) groups is 1. The van der Waals surface area contributed by atoms with Crippen molar-refractivity contribution in [1.29, 1.82) is 0 Å². The molecule has 2 nitrogen and oxygen atoms in total. The quantitative estimate of drug-likeness (QED) is 0.795. The largest absolute Gasteiger partial charge is 0.342 e. The van der Waals surface area contributed by atoms with Crippen LogP contribution in [0, 0.1) is 12.8 Å². The van der Waals surface area contributed by atoms with Crippen LogP contribution in [0.2, 0.25) is 0 Å². The van der Waals surface area contributed by atoms with Gasteiger partial charge in [-0.1, -0.05) is 36.8 Å². The van der Waals surface area contributed by atoms with E-state index < -0.39 is 5.41 Å². The van der Waals surface area contributed by atoms with Gasteiger partial charge in [0.1, 0.15) is 0 Å². The molecule has 1 amide bonds. The number of likely N-dealkylation sites (tertiary alicyclic amines) is 1. The van der Waals surface area contributed by atoms with Gasteiger partial charge in [0.15, 0.2) is 0 Å². The summed E-state index contributed by atoms with van der Waals surface area (Å²) in [4.78, 5) is 14.8. The van der Waals surface area contributed by atoms with E-state index in [-0.39, 0.29) is 5.91 Å². The van der Waals surface area contributed by atoms with E-state index in [4.69, 9.17) is 0 Å². The average Bonchev–Trinajstić information content (AvgIpc) is 2.39. The molecule has 0 aliphatic carbocycles. The number of rotatable bonds is 2. The SMILES string of the molecule is Cc1ccc(C(C)(C)C(=O)N2CCC(C)CC2)cc1. The summed E-state index contributed by atoms with van der Waals surface area (Å²) in [5.41, 5.74) is 1.93. The van der Waals surface area contributed by atoms with E-state index in [1.807, 2.05) is 18.7 Å². The summed E-state index contributed by atoms with van der Waals surface area (Å²) in [7, 11) is 0. The maximum atomic E-state index is 12.7. The first kappa shape index (κ1) is 14.1. The van der Waals surface area contributed by atoms with Crippen LogP contribution in [0.3, 0.4) is 0 Å². The summed E-state index contributed by atoms with van der Waals surface area (Å²) in [5, 5.41) is 0. The van der Waals surface area contributed by atoms with E-state index in [1.54, 1.807) is 0 Å². The van der Waals surface area contributed by atoms with Crippen LogP contribution in [0.1, 0.15) is 44.7 Å². The molecule has 1 aliphatic heterocycles. The highest BCUT2D eigenvalue weighted by Gasteiger charge is 2.34. The fourth-order valence-electron chi connectivity index (χ4n) is 2.70. The van der Waals surface area contributed by atoms with Gasteiger partial charge in [-0.15, -0.1) is 0 Å². The minimum absolute atomic E-state index is 0.267. The van der Waals surface area contributed by atoms with E-state index in [0.29, 0.717) is 0 Å². The van der Waals surface area contributed by atoms with Crippen molar-refractivity contribution in [3.05, 3.63) is 35.4 Å². The van der Waals surface area contributed by atoms with E-state index in [9.17, 15) is 4.79 Å². The van der Waals surface area contributed by atoms with Crippen LogP contribution >= 0.6 is 0 Å². The van der Waals surface area contributed by atoms with E-state index in [1.165, 1.54) is 5.56 Å². The number of hydrogen-bond acceptors (Lipinski definition) is 1. The molecule has 0 aromatic heterocycles. The molecule has 0 radical (unpaired) electrons. The van der Waals surface area contributed by atoms with Gasteiger partial charge in [-0.2, -0.15) is 0 Å². The predicted octanol–water partition coefficient (Wildman–Crippen LogP) is 3.53. The van der Waals surface area contributed by atoms with Gasteiger partial charge in [-0.05, 0) is 45.1 Å². The third-order valence-corrected chi connectivity index (χ3v) is 4.38. The van der Waals surface area contributed by atoms with Crippen LogP contribution in [0.15, 0.2) is 24.3 Å². The third kappa shape index (κ3) is 2.99. The van der Waals surface area contributed by atoms with Crippen molar-refractivity contribution in [3.63, 3.8) is 0 Å². The van der Waals surface area contributed by atoms with Crippen molar-refractivity contribution in [3.8, 4) is 0 Å². The van der Waals surface area contributed by atoms with Crippen LogP contribution in [0.5, 0.6) is 0 Å². The Bertz CT molecular complexity index is 439. The molecule has 104 valence electrons. The van der Waals surface area contributed by atoms with Crippen LogP contribution in [0.4, 0.5) is 0 Å². The molecule has 0 saturated carbocycles. The van der Waals surface area contributed by atoms with E-state index in [2.05, 4.69) is 38.1 Å². The Balaban J connectivity index is 2.14. The van der Waals surface area contributed by atoms with Gasteiger partial charge in [-0.25, -0.2) is 0 Å². The van der Waals surface area contributed by atoms with Crippen molar-refractivity contribution in [1.82, 2.24) is 4.90 Å². The first-order chi connectivity index (χ1) is 8.91. The monoisotopic (exact) mass is 259 g/mol. The van der Waals surface area contributed by atoms with Crippen LogP contribution in [-0.4, -0.2) is 23.9 Å². The summed E-state index contributed by atoms with van der Waals surface area (Å²) >= 11 is 0. The van der Waals surface area contributed by atoms with Gasteiger partial charge >= 0.3 is 0 Å². The van der Waals surface area contributed by atoms with Gasteiger partial charge in [0.2, 0.25) is 5.91 Å². The predicted molar refractivity (Wildman–Crippen MR) is 79.2 cm³/mol. The molecular formula is C17H25NO. The van der Waals surface area contributed by atoms with Gasteiger partial charge in [0, 0.05) is 13.1 Å². The molecule has 1 aromatic rings. The lowest BCUT2D eigenvalue weighted by molar-refractivity contribution is -0.137. The van der Waals surface area contributed by atoms with Crippen LogP contribution in [0.25, 0.3) is 0 Å². The number of nitrogens with zero attached hydrogens (tertiary/aromatic N) is 1. The average molecular weight is 259 g/mol. The molecule has 1 aromatic carbocycles. The van der Waals surface area contributed by atoms with E-state index in [0.717, 1.165) is 37.4 Å². The smallest absolute Gasteiger partial charge is 0.232 e. The molecule has 0 bridgehead atoms. The molecular weight excluding hydrogens is 234 g/mol. The topological polar surface area (TPSA) is 20.3 Å². The van der Waals surface area contributed by atoms with Gasteiger partial charge in [0.25, 0.3) is 0 Å². The highest BCUT2D eigenvalue weighted by atomic mass is 16.2. The Morgan fingerprint density at radius 2 is 1.68 bits per heavy atom. The third-order valence-electron chi connectivity index (χ3n) is 4.38. The van der Waals surface area contributed by atoms with Crippen LogP contribution < -0.4 is 0 Å². The molecule has 0 unspecified atom stereocenters. The number of benzene rings is 1. The first-order valence-corrected chi connectivity index (χ1v) is 7.28. The molecule has 1 fully saturated rings. The molecule has 0 spiro atoms. The Hall–Kier alpha value is -1.31. The number of amides is 1. The Kier molecular flexibility index (Phi) is 3.98. The van der Waals surface area contributed by atoms with Gasteiger partial charge in [0.05, 0.1) is 5.41 Å². The zero-order chi connectivity index (χ0) is 14.0. The molecule has 0 atom stereocenters. The number of hydrogen-bond donors (Lipinski definition) is 0. The summed E-state index contributed by atoms with van der Waals surface area (Å²) in [6.07, 6.45) is 2.27. The second kappa shape index (κ2) is 5.36. The Morgan fingerprint density at radius 3 is 2.21 bits per heavy atom. The highest BCUT2D eigenvalue weighted by molar-refractivity contribution is 5.87. The van der Waals surface area contributed by atoms with Crippen molar-refractivity contribution in [2.45, 2.75) is 46.0 Å². The molecule has 2 heteroatoms. The molecule has 1 aliphatic rings. The lowest BCUT2D eigenvalue weighted by Crippen LogP contribution is -2.46. The minimum Gasteiger partial charge on any atom is -0.342 e. The van der Waals surface area contributed by atoms with Gasteiger partial charge < -0.3 is 4.90 Å². The zero-order valence-electron chi connectivity index (χ0n) is 12.6. The number of aryl methyl sites for hydroxylation is 1. The molecule has 1 heterocycles. The summed E-state index contributed by atoms with van der Waals surface area (Å²) in [6, 6.07) is 8.34. The van der Waals surface area contributed by atoms with Crippen molar-refractivity contribution >= 4 is 5.91 Å². The minimum atomic E-state index is -0.422. The first-order valence-electron chi connectivity index (χ1n) is 7.28. The lowest BCUT2D eigenvalue weighted by atomic mass is 9.82. The summed E-state index contributed by atoms with van der Waals surface area (Å²) < 4.78 is 0. The number of piperidine rings is 1. The second-order valence-electron chi connectivity index (χ2n) is 6.47. The van der Waals surface area contributed by atoms with E-state index >= 15 is 0 Å². The highest BCUT2D eigenvalue weighted by Crippen LogP contribution is 2.28. The lowest BCUT2D eigenvalue weighted by Gasteiger charge is -2.36. The van der Waals surface area contributed by atoms with Crippen molar-refractivity contribution in [2.24, 2.45) is 5.92 Å². The molecule has 2 rings (SSSR count). The Morgan fingerprint density at radius 1 is 1.16 bits per heavy atom. The maximum Gasteiger partial charge on any atom is 0.232 e. The van der Waals surface area contributed by atoms with Crippen molar-refractivity contribution < 1.29 is 4.79 Å². The normalized spacial score (nSPS) is 17.6. The number of carbonyl (C=O) groups excluding carboxylic acids is 1. The fraction of sp³-hybridized carbons (Fsp3) is 0.588. The Labute approximate surface area is 116 Å². The second-order valence-corrected chi connectivity index (χ2v) is 6.47. The van der Waals surface area contributed by atoms with Gasteiger partial charge in [-0.3, -0.25) is 4.79 Å². The van der Waals surface area contributed by atoms with Crippen molar-refractivity contribution in [2.75, 3.05) is 13.1 Å². The molecule has 19 heavy (non-hydrogen) atoms.